The summed E-state index contributed by atoms with van der Waals surface area (Å²) in [4.78, 5) is 2.76. The van der Waals surface area contributed by atoms with Crippen molar-refractivity contribution in [1.29, 1.82) is 0 Å². The first-order valence-electron chi connectivity index (χ1n) is 6.59. The average molecular weight is 311 g/mol. The number of aromatic nitrogens is 2. The molecule has 0 aliphatic heterocycles. The van der Waals surface area contributed by atoms with Gasteiger partial charge in [-0.05, 0) is 44.7 Å². The minimum Gasteiger partial charge on any atom is -0.281 e. The number of nitrogens with one attached hydrogen (secondary N) is 2. The van der Waals surface area contributed by atoms with Gasteiger partial charge >= 0.3 is 0 Å². The molecule has 0 aromatic carbocycles. The van der Waals surface area contributed by atoms with E-state index in [2.05, 4.69) is 21.0 Å². The number of fused-ring (bicyclic) bond motifs is 1. The van der Waals surface area contributed by atoms with Crippen LogP contribution in [0.2, 0.25) is 0 Å². The summed E-state index contributed by atoms with van der Waals surface area (Å²) in [5, 5.41) is 6.64. The first-order chi connectivity index (χ1) is 9.47. The second-order valence-electron chi connectivity index (χ2n) is 5.10. The molecule has 5 nitrogen and oxygen atoms in total. The van der Waals surface area contributed by atoms with E-state index in [1.54, 1.807) is 25.2 Å². The Hall–Kier alpha value is -1.18. The largest absolute Gasteiger partial charge is 0.281 e. The van der Waals surface area contributed by atoms with Crippen molar-refractivity contribution >= 4 is 21.4 Å². The zero-order valence-electron chi connectivity index (χ0n) is 11.5. The van der Waals surface area contributed by atoms with Crippen LogP contribution in [0.4, 0.5) is 0 Å². The van der Waals surface area contributed by atoms with Crippen LogP contribution in [0.25, 0.3) is 0 Å². The first kappa shape index (κ1) is 13.8. The lowest BCUT2D eigenvalue weighted by Gasteiger charge is -2.05. The molecule has 3 rings (SSSR count). The number of thiophene rings is 1. The minimum atomic E-state index is -3.51. The second-order valence-corrected chi connectivity index (χ2v) is 8.03. The third-order valence-electron chi connectivity index (χ3n) is 3.56. The smallest absolute Gasteiger partial charge is 0.244 e. The zero-order valence-corrected chi connectivity index (χ0v) is 13.1. The summed E-state index contributed by atoms with van der Waals surface area (Å²) in [6, 6.07) is 2.13. The van der Waals surface area contributed by atoms with E-state index < -0.39 is 10.0 Å². The molecule has 0 spiro atoms. The van der Waals surface area contributed by atoms with E-state index in [1.165, 1.54) is 16.9 Å². The lowest BCUT2D eigenvalue weighted by atomic mass is 10.2. The van der Waals surface area contributed by atoms with Crippen LogP contribution in [-0.2, 0) is 29.4 Å². The Morgan fingerprint density at radius 3 is 2.85 bits per heavy atom. The number of hydrogen-bond donors (Lipinski definition) is 2. The van der Waals surface area contributed by atoms with Crippen LogP contribution in [0, 0.1) is 13.8 Å². The molecular weight excluding hydrogens is 294 g/mol. The molecule has 0 fully saturated rings. The third-order valence-corrected chi connectivity index (χ3v) is 6.46. The van der Waals surface area contributed by atoms with Gasteiger partial charge in [-0.3, -0.25) is 5.10 Å². The molecule has 1 aliphatic carbocycles. The molecule has 0 saturated heterocycles. The number of aryl methyl sites for hydroxylation is 4. The molecule has 0 saturated carbocycles. The summed E-state index contributed by atoms with van der Waals surface area (Å²) in [6.45, 7) is 3.76. The van der Waals surface area contributed by atoms with E-state index in [0.29, 0.717) is 17.9 Å². The van der Waals surface area contributed by atoms with Gasteiger partial charge in [0.05, 0.1) is 11.4 Å². The Balaban J connectivity index is 1.77. The van der Waals surface area contributed by atoms with Crippen molar-refractivity contribution in [1.82, 2.24) is 14.9 Å². The molecule has 0 atom stereocenters. The van der Waals surface area contributed by atoms with Crippen molar-refractivity contribution in [2.45, 2.75) is 44.6 Å². The molecule has 0 amide bonds. The SMILES string of the molecule is Cc1n[nH]c(C)c1S(=O)(=O)NCc1cc2c(s1)CCC2. The predicted octanol–water partition coefficient (Wildman–Crippen LogP) is 2.06. The quantitative estimate of drug-likeness (QED) is 0.907. The lowest BCUT2D eigenvalue weighted by Crippen LogP contribution is -2.23. The molecule has 0 unspecified atom stereocenters. The molecule has 108 valence electrons. The normalized spacial score (nSPS) is 14.7. The number of rotatable bonds is 4. The Bertz CT molecular complexity index is 703. The number of H-pyrrole nitrogens is 1. The topological polar surface area (TPSA) is 74.8 Å². The molecule has 0 radical (unpaired) electrons. The molecule has 1 aliphatic rings. The Morgan fingerprint density at radius 1 is 1.40 bits per heavy atom. The summed E-state index contributed by atoms with van der Waals surface area (Å²) in [7, 11) is -3.51. The number of nitrogens with zero attached hydrogens (tertiary/aromatic N) is 1. The molecule has 7 heteroatoms. The van der Waals surface area contributed by atoms with Gasteiger partial charge in [0, 0.05) is 16.3 Å². The first-order valence-corrected chi connectivity index (χ1v) is 8.89. The highest BCUT2D eigenvalue weighted by molar-refractivity contribution is 7.89. The minimum absolute atomic E-state index is 0.265. The van der Waals surface area contributed by atoms with Gasteiger partial charge in [-0.1, -0.05) is 0 Å². The molecule has 2 aromatic rings. The van der Waals surface area contributed by atoms with Crippen molar-refractivity contribution in [2.24, 2.45) is 0 Å². The summed E-state index contributed by atoms with van der Waals surface area (Å²) in [5.74, 6) is 0. The van der Waals surface area contributed by atoms with E-state index in [1.807, 2.05) is 0 Å². The van der Waals surface area contributed by atoms with E-state index >= 15 is 0 Å². The van der Waals surface area contributed by atoms with Crippen molar-refractivity contribution in [3.63, 3.8) is 0 Å². The van der Waals surface area contributed by atoms with Crippen molar-refractivity contribution < 1.29 is 8.42 Å². The van der Waals surface area contributed by atoms with Crippen LogP contribution in [0.3, 0.4) is 0 Å². The van der Waals surface area contributed by atoms with Crippen molar-refractivity contribution in [3.05, 3.63) is 32.8 Å². The average Bonchev–Trinajstić information content (AvgIpc) is 3.01. The van der Waals surface area contributed by atoms with E-state index in [9.17, 15) is 8.42 Å². The van der Waals surface area contributed by atoms with Crippen LogP contribution in [0.1, 0.15) is 33.1 Å². The molecule has 0 bridgehead atoms. The molecule has 2 N–H and O–H groups in total. The standard InChI is InChI=1S/C13H17N3O2S2/c1-8-13(9(2)16-15-8)20(17,18)14-7-11-6-10-4-3-5-12(10)19-11/h6,14H,3-5,7H2,1-2H3,(H,15,16). The number of sulfonamides is 1. The maximum absolute atomic E-state index is 12.3. The maximum atomic E-state index is 12.3. The Labute approximate surface area is 122 Å². The lowest BCUT2D eigenvalue weighted by molar-refractivity contribution is 0.580. The van der Waals surface area contributed by atoms with Crippen LogP contribution in [0.15, 0.2) is 11.0 Å². The molecule has 2 heterocycles. The highest BCUT2D eigenvalue weighted by atomic mass is 32.2. The van der Waals surface area contributed by atoms with Gasteiger partial charge in [-0.15, -0.1) is 11.3 Å². The van der Waals surface area contributed by atoms with Crippen LogP contribution in [-0.4, -0.2) is 18.6 Å². The fourth-order valence-electron chi connectivity index (χ4n) is 2.65. The summed E-state index contributed by atoms with van der Waals surface area (Å²) < 4.78 is 27.3. The van der Waals surface area contributed by atoms with Crippen LogP contribution < -0.4 is 4.72 Å². The van der Waals surface area contributed by atoms with Gasteiger partial charge in [0.25, 0.3) is 0 Å². The molecular formula is C13H17N3O2S2. The van der Waals surface area contributed by atoms with Gasteiger partial charge in [0.15, 0.2) is 0 Å². The van der Waals surface area contributed by atoms with E-state index in [0.717, 1.165) is 17.7 Å². The fraction of sp³-hybridized carbons (Fsp3) is 0.462. The summed E-state index contributed by atoms with van der Waals surface area (Å²) in [6.07, 6.45) is 3.48. The van der Waals surface area contributed by atoms with Gasteiger partial charge in [-0.25, -0.2) is 13.1 Å². The van der Waals surface area contributed by atoms with E-state index in [4.69, 9.17) is 0 Å². The van der Waals surface area contributed by atoms with Gasteiger partial charge in [-0.2, -0.15) is 5.10 Å². The molecule has 2 aromatic heterocycles. The summed E-state index contributed by atoms with van der Waals surface area (Å²) in [5.41, 5.74) is 2.47. The predicted molar refractivity (Wildman–Crippen MR) is 78.4 cm³/mol. The van der Waals surface area contributed by atoms with Crippen molar-refractivity contribution in [3.8, 4) is 0 Å². The van der Waals surface area contributed by atoms with Crippen LogP contribution in [0.5, 0.6) is 0 Å². The third kappa shape index (κ3) is 2.41. The van der Waals surface area contributed by atoms with Gasteiger partial charge in [0.1, 0.15) is 4.90 Å². The zero-order chi connectivity index (χ0) is 14.3. The Kier molecular flexibility index (Phi) is 3.43. The number of aromatic amines is 1. The Morgan fingerprint density at radius 2 is 2.20 bits per heavy atom. The monoisotopic (exact) mass is 311 g/mol. The van der Waals surface area contributed by atoms with Crippen molar-refractivity contribution in [2.75, 3.05) is 0 Å². The van der Waals surface area contributed by atoms with Gasteiger partial charge < -0.3 is 0 Å². The van der Waals surface area contributed by atoms with Crippen LogP contribution >= 0.6 is 11.3 Å². The highest BCUT2D eigenvalue weighted by Crippen LogP contribution is 2.30. The number of hydrogen-bond acceptors (Lipinski definition) is 4. The highest BCUT2D eigenvalue weighted by Gasteiger charge is 2.22. The maximum Gasteiger partial charge on any atom is 0.244 e. The second kappa shape index (κ2) is 4.98. The fourth-order valence-corrected chi connectivity index (χ4v) is 5.32. The van der Waals surface area contributed by atoms with E-state index in [-0.39, 0.29) is 4.90 Å². The summed E-state index contributed by atoms with van der Waals surface area (Å²) >= 11 is 1.72. The molecule has 20 heavy (non-hydrogen) atoms. The van der Waals surface area contributed by atoms with Gasteiger partial charge in [0.2, 0.25) is 10.0 Å².